The molecule has 270 valence electrons. The van der Waals surface area contributed by atoms with Gasteiger partial charge in [0.1, 0.15) is 12.1 Å². The van der Waals surface area contributed by atoms with E-state index < -0.39 is 23.7 Å². The maximum absolute atomic E-state index is 14.3. The van der Waals surface area contributed by atoms with Gasteiger partial charge in [0.25, 0.3) is 0 Å². The Labute approximate surface area is 297 Å². The van der Waals surface area contributed by atoms with E-state index in [9.17, 15) is 19.2 Å². The smallest absolute Gasteiger partial charge is 0.243 e. The molecule has 4 aliphatic rings. The van der Waals surface area contributed by atoms with Gasteiger partial charge < -0.3 is 31.1 Å². The SMILES string of the molecule is CC(C)NC(=O)[C@@H]1CC[C@H]2c3ccccc3C[C@H](NC(C)CC(C)(C)NC(=O)[C@@H]3CC[C@@H]4c5ccccc5C[C@@H](NC(C)C)C(=O)N43)C(=O)N12. The molecule has 2 aromatic rings. The van der Waals surface area contributed by atoms with Gasteiger partial charge in [0.05, 0.1) is 24.2 Å². The summed E-state index contributed by atoms with van der Waals surface area (Å²) in [5.74, 6) is -0.308. The summed E-state index contributed by atoms with van der Waals surface area (Å²) in [4.78, 5) is 59.4. The first-order valence-electron chi connectivity index (χ1n) is 18.7. The summed E-state index contributed by atoms with van der Waals surface area (Å²) in [7, 11) is 0. The Balaban J connectivity index is 1.16. The quantitative estimate of drug-likeness (QED) is 0.299. The first kappa shape index (κ1) is 36.0. The number of nitrogens with zero attached hydrogens (tertiary/aromatic N) is 2. The average molecular weight is 685 g/mol. The van der Waals surface area contributed by atoms with E-state index in [1.165, 1.54) is 0 Å². The number of carbonyl (C=O) groups excluding carboxylic acids is 4. The molecular weight excluding hydrogens is 628 g/mol. The number of amides is 4. The molecule has 0 saturated carbocycles. The monoisotopic (exact) mass is 684 g/mol. The van der Waals surface area contributed by atoms with Crippen molar-refractivity contribution in [1.82, 2.24) is 31.1 Å². The van der Waals surface area contributed by atoms with Crippen LogP contribution < -0.4 is 21.3 Å². The molecule has 0 aromatic heterocycles. The summed E-state index contributed by atoms with van der Waals surface area (Å²) in [6.07, 6.45) is 4.43. The van der Waals surface area contributed by atoms with Crippen molar-refractivity contribution in [1.29, 1.82) is 0 Å². The minimum atomic E-state index is -0.620. The van der Waals surface area contributed by atoms with Crippen molar-refractivity contribution in [3.8, 4) is 0 Å². The Bertz CT molecular complexity index is 1610. The molecule has 4 heterocycles. The molecule has 2 aromatic carbocycles. The number of nitrogens with one attached hydrogen (secondary N) is 4. The molecule has 1 unspecified atom stereocenters. The van der Waals surface area contributed by atoms with Crippen LogP contribution in [0.1, 0.15) is 115 Å². The second-order valence-corrected chi connectivity index (χ2v) is 16.2. The second-order valence-electron chi connectivity index (χ2n) is 16.2. The Hall–Kier alpha value is -3.76. The number of benzene rings is 2. The maximum Gasteiger partial charge on any atom is 0.243 e. The van der Waals surface area contributed by atoms with Gasteiger partial charge in [0, 0.05) is 23.7 Å². The minimum Gasteiger partial charge on any atom is -0.352 e. The van der Waals surface area contributed by atoms with E-state index in [2.05, 4.69) is 45.5 Å². The number of hydrogen-bond donors (Lipinski definition) is 4. The molecule has 4 N–H and O–H groups in total. The largest absolute Gasteiger partial charge is 0.352 e. The molecule has 0 bridgehead atoms. The van der Waals surface area contributed by atoms with Gasteiger partial charge in [-0.2, -0.15) is 0 Å². The molecule has 4 amide bonds. The number of carbonyl (C=O) groups is 4. The Morgan fingerprint density at radius 1 is 0.700 bits per heavy atom. The lowest BCUT2D eigenvalue weighted by Crippen LogP contribution is -2.58. The van der Waals surface area contributed by atoms with Gasteiger partial charge in [0.2, 0.25) is 23.6 Å². The molecule has 0 spiro atoms. The van der Waals surface area contributed by atoms with Crippen molar-refractivity contribution in [2.45, 2.75) is 153 Å². The molecule has 0 radical (unpaired) electrons. The highest BCUT2D eigenvalue weighted by molar-refractivity contribution is 5.92. The van der Waals surface area contributed by atoms with Gasteiger partial charge in [0.15, 0.2) is 0 Å². The van der Waals surface area contributed by atoms with Crippen molar-refractivity contribution in [3.05, 3.63) is 70.8 Å². The maximum atomic E-state index is 14.3. The zero-order valence-corrected chi connectivity index (χ0v) is 30.8. The van der Waals surface area contributed by atoms with Crippen LogP contribution in [0.2, 0.25) is 0 Å². The Morgan fingerprint density at radius 2 is 1.18 bits per heavy atom. The fourth-order valence-electron chi connectivity index (χ4n) is 9.11. The van der Waals surface area contributed by atoms with Gasteiger partial charge >= 0.3 is 0 Å². The van der Waals surface area contributed by atoms with Crippen molar-refractivity contribution in [2.24, 2.45) is 0 Å². The van der Waals surface area contributed by atoms with Gasteiger partial charge in [-0.05, 0) is 102 Å². The van der Waals surface area contributed by atoms with Crippen molar-refractivity contribution in [3.63, 3.8) is 0 Å². The van der Waals surface area contributed by atoms with Crippen molar-refractivity contribution in [2.75, 3.05) is 0 Å². The van der Waals surface area contributed by atoms with Gasteiger partial charge in [-0.1, -0.05) is 62.4 Å². The number of hydrogen-bond acceptors (Lipinski definition) is 6. The van der Waals surface area contributed by atoms with E-state index in [1.54, 1.807) is 0 Å². The minimum absolute atomic E-state index is 0.0103. The zero-order valence-electron chi connectivity index (χ0n) is 30.8. The lowest BCUT2D eigenvalue weighted by atomic mass is 9.93. The number of rotatable bonds is 10. The highest BCUT2D eigenvalue weighted by atomic mass is 16.2. The van der Waals surface area contributed by atoms with Crippen LogP contribution in [-0.2, 0) is 32.0 Å². The van der Waals surface area contributed by atoms with E-state index in [-0.39, 0.29) is 59.9 Å². The fraction of sp³-hybridized carbons (Fsp3) is 0.600. The van der Waals surface area contributed by atoms with Crippen LogP contribution in [0.15, 0.2) is 48.5 Å². The Morgan fingerprint density at radius 3 is 1.68 bits per heavy atom. The molecule has 4 aliphatic heterocycles. The summed E-state index contributed by atoms with van der Waals surface area (Å²) in [5.41, 5.74) is 3.93. The molecule has 10 heteroatoms. The van der Waals surface area contributed by atoms with E-state index in [4.69, 9.17) is 0 Å². The van der Waals surface area contributed by atoms with Crippen LogP contribution in [0.3, 0.4) is 0 Å². The standard InChI is InChI=1S/C40H56N6O4/c1-23(2)41-30-20-26-12-8-10-14-28(26)33-17-19-35(46(33)38(30)49)37(48)44-40(6,7)22-25(5)43-31-21-27-13-9-11-15-29(27)32-16-18-34(45(32)39(31)50)36(47)42-24(3)4/h8-15,23-25,30-35,41,43H,16-22H2,1-7H3,(H,42,47)(H,44,48)/t25?,30-,31+,32+,33-,34+,35+/m1/s1. The summed E-state index contributed by atoms with van der Waals surface area (Å²) < 4.78 is 0. The van der Waals surface area contributed by atoms with Crippen LogP contribution in [0, 0.1) is 0 Å². The molecular formula is C40H56N6O4. The van der Waals surface area contributed by atoms with Crippen LogP contribution in [0.5, 0.6) is 0 Å². The molecule has 2 saturated heterocycles. The summed E-state index contributed by atoms with van der Waals surface area (Å²) in [5, 5.41) is 13.4. The van der Waals surface area contributed by atoms with Gasteiger partial charge in [-0.3, -0.25) is 19.2 Å². The van der Waals surface area contributed by atoms with E-state index in [0.29, 0.717) is 32.1 Å². The molecule has 0 aliphatic carbocycles. The van der Waals surface area contributed by atoms with E-state index in [0.717, 1.165) is 35.1 Å². The van der Waals surface area contributed by atoms with Crippen LogP contribution in [0.4, 0.5) is 0 Å². The predicted octanol–water partition coefficient (Wildman–Crippen LogP) is 4.09. The zero-order chi connectivity index (χ0) is 35.9. The first-order chi connectivity index (χ1) is 23.7. The lowest BCUT2D eigenvalue weighted by molar-refractivity contribution is -0.142. The fourth-order valence-corrected chi connectivity index (χ4v) is 9.11. The normalized spacial score (nSPS) is 26.9. The van der Waals surface area contributed by atoms with E-state index in [1.807, 2.05) is 82.5 Å². The molecule has 10 nitrogen and oxygen atoms in total. The highest BCUT2D eigenvalue weighted by Gasteiger charge is 2.48. The Kier molecular flexibility index (Phi) is 10.4. The van der Waals surface area contributed by atoms with Crippen molar-refractivity contribution >= 4 is 23.6 Å². The number of fused-ring (bicyclic) bond motifs is 6. The van der Waals surface area contributed by atoms with Crippen LogP contribution in [0.25, 0.3) is 0 Å². The average Bonchev–Trinajstić information content (AvgIpc) is 3.64. The van der Waals surface area contributed by atoms with E-state index >= 15 is 0 Å². The third-order valence-corrected chi connectivity index (χ3v) is 10.9. The molecule has 50 heavy (non-hydrogen) atoms. The van der Waals surface area contributed by atoms with Crippen LogP contribution >= 0.6 is 0 Å². The molecule has 2 fully saturated rings. The highest BCUT2D eigenvalue weighted by Crippen LogP contribution is 2.42. The van der Waals surface area contributed by atoms with Gasteiger partial charge in [-0.25, -0.2) is 0 Å². The van der Waals surface area contributed by atoms with Gasteiger partial charge in [-0.15, -0.1) is 0 Å². The first-order valence-corrected chi connectivity index (χ1v) is 18.7. The summed E-state index contributed by atoms with van der Waals surface area (Å²) in [6.45, 7) is 14.0. The third kappa shape index (κ3) is 7.33. The predicted molar refractivity (Wildman–Crippen MR) is 194 cm³/mol. The van der Waals surface area contributed by atoms with Crippen molar-refractivity contribution < 1.29 is 19.2 Å². The lowest BCUT2D eigenvalue weighted by Gasteiger charge is -2.36. The second kappa shape index (κ2) is 14.5. The summed E-state index contributed by atoms with van der Waals surface area (Å²) in [6, 6.07) is 14.2. The molecule has 6 rings (SSSR count). The summed E-state index contributed by atoms with van der Waals surface area (Å²) >= 11 is 0. The van der Waals surface area contributed by atoms with Crippen LogP contribution in [-0.4, -0.2) is 81.3 Å². The third-order valence-electron chi connectivity index (χ3n) is 10.9. The topological polar surface area (TPSA) is 123 Å². The molecule has 7 atom stereocenters.